The minimum atomic E-state index is -4.74. The van der Waals surface area contributed by atoms with E-state index in [1.165, 1.54) is 24.3 Å². The number of nitrogens with zero attached hydrogens (tertiary/aromatic N) is 1. The van der Waals surface area contributed by atoms with E-state index in [4.69, 9.17) is 9.47 Å². The second-order valence-electron chi connectivity index (χ2n) is 6.72. The highest BCUT2D eigenvalue weighted by Crippen LogP contribution is 2.27. The van der Waals surface area contributed by atoms with Crippen LogP contribution in [0.15, 0.2) is 24.3 Å². The van der Waals surface area contributed by atoms with E-state index in [-0.39, 0.29) is 24.0 Å². The van der Waals surface area contributed by atoms with Gasteiger partial charge in [-0.3, -0.25) is 9.69 Å². The highest BCUT2D eigenvalue weighted by molar-refractivity contribution is 5.94. The van der Waals surface area contributed by atoms with Crippen LogP contribution in [0.4, 0.5) is 18.9 Å². The Balaban J connectivity index is 1.47. The zero-order chi connectivity index (χ0) is 19.4. The van der Waals surface area contributed by atoms with E-state index >= 15 is 0 Å². The van der Waals surface area contributed by atoms with Crippen molar-refractivity contribution >= 4 is 11.6 Å². The second-order valence-corrected chi connectivity index (χ2v) is 6.72. The van der Waals surface area contributed by atoms with Gasteiger partial charge in [0.25, 0.3) is 0 Å². The Morgan fingerprint density at radius 2 is 1.78 bits per heavy atom. The number of carbonyl (C=O) groups excluding carboxylic acids is 1. The van der Waals surface area contributed by atoms with Gasteiger partial charge < -0.3 is 19.5 Å². The summed E-state index contributed by atoms with van der Waals surface area (Å²) in [6, 6.07) is 4.75. The number of carbonyl (C=O) groups is 1. The molecular weight excluding hydrogens is 365 g/mol. The number of amides is 1. The molecule has 2 fully saturated rings. The number of benzene rings is 1. The lowest BCUT2D eigenvalue weighted by atomic mass is 9.95. The molecule has 0 spiro atoms. The predicted molar refractivity (Wildman–Crippen MR) is 91.2 cm³/mol. The van der Waals surface area contributed by atoms with E-state index in [0.29, 0.717) is 24.8 Å². The summed E-state index contributed by atoms with van der Waals surface area (Å²) in [4.78, 5) is 14.5. The van der Waals surface area contributed by atoms with Crippen LogP contribution in [0.1, 0.15) is 19.8 Å². The molecule has 0 radical (unpaired) electrons. The van der Waals surface area contributed by atoms with Gasteiger partial charge >= 0.3 is 6.36 Å². The lowest BCUT2D eigenvalue weighted by Crippen LogP contribution is -2.47. The normalized spacial score (nSPS) is 21.2. The third-order valence-corrected chi connectivity index (χ3v) is 4.89. The van der Waals surface area contributed by atoms with Crippen molar-refractivity contribution in [2.75, 3.05) is 31.6 Å². The monoisotopic (exact) mass is 388 g/mol. The number of hydrogen-bond donors (Lipinski definition) is 1. The van der Waals surface area contributed by atoms with Crippen molar-refractivity contribution in [2.24, 2.45) is 5.92 Å². The van der Waals surface area contributed by atoms with Gasteiger partial charge in [-0.1, -0.05) is 0 Å². The molecule has 150 valence electrons. The number of hydrogen-bond acceptors (Lipinski definition) is 5. The lowest BCUT2D eigenvalue weighted by Gasteiger charge is -2.36. The summed E-state index contributed by atoms with van der Waals surface area (Å²) in [6.07, 6.45) is -3.08. The molecule has 2 heterocycles. The van der Waals surface area contributed by atoms with Gasteiger partial charge in [0.2, 0.25) is 5.91 Å². The van der Waals surface area contributed by atoms with Crippen molar-refractivity contribution in [1.82, 2.24) is 4.90 Å². The van der Waals surface area contributed by atoms with Crippen LogP contribution in [0.3, 0.4) is 0 Å². The Morgan fingerprint density at radius 3 is 2.33 bits per heavy atom. The SMILES string of the molecule is CC(C(=O)Nc1ccc(OC(F)(F)F)cc1)N1CCC(C2OCCO2)CC1. The number of alkyl halides is 3. The van der Waals surface area contributed by atoms with Crippen LogP contribution in [0.25, 0.3) is 0 Å². The van der Waals surface area contributed by atoms with Gasteiger partial charge in [-0.2, -0.15) is 0 Å². The zero-order valence-electron chi connectivity index (χ0n) is 15.0. The average Bonchev–Trinajstić information content (AvgIpc) is 3.16. The molecule has 9 heteroatoms. The summed E-state index contributed by atoms with van der Waals surface area (Å²) in [7, 11) is 0. The number of ether oxygens (including phenoxy) is 3. The van der Waals surface area contributed by atoms with Gasteiger partial charge in [-0.15, -0.1) is 13.2 Å². The molecule has 0 aromatic heterocycles. The predicted octanol–water partition coefficient (Wildman–Crippen LogP) is 3.00. The first-order valence-corrected chi connectivity index (χ1v) is 8.96. The first kappa shape index (κ1) is 19.9. The highest BCUT2D eigenvalue weighted by atomic mass is 19.4. The van der Waals surface area contributed by atoms with Gasteiger partial charge in [0.15, 0.2) is 6.29 Å². The molecule has 0 aliphatic carbocycles. The lowest BCUT2D eigenvalue weighted by molar-refractivity contribution is -0.274. The smallest absolute Gasteiger partial charge is 0.406 e. The maximum atomic E-state index is 12.4. The van der Waals surface area contributed by atoms with Crippen LogP contribution in [0.5, 0.6) is 5.75 Å². The molecule has 1 atom stereocenters. The first-order valence-electron chi connectivity index (χ1n) is 8.96. The Labute approximate surface area is 155 Å². The van der Waals surface area contributed by atoms with Crippen LogP contribution >= 0.6 is 0 Å². The molecule has 1 amide bonds. The number of anilines is 1. The van der Waals surface area contributed by atoms with E-state index in [0.717, 1.165) is 25.9 Å². The number of halogens is 3. The van der Waals surface area contributed by atoms with E-state index < -0.39 is 6.36 Å². The van der Waals surface area contributed by atoms with E-state index in [1.54, 1.807) is 0 Å². The third-order valence-electron chi connectivity index (χ3n) is 4.89. The van der Waals surface area contributed by atoms with Crippen LogP contribution in [-0.4, -0.2) is 55.8 Å². The zero-order valence-corrected chi connectivity index (χ0v) is 15.0. The standard InChI is InChI=1S/C18H23F3N2O4/c1-12(23-8-6-13(7-9-23)17-25-10-11-26-17)16(24)22-14-2-4-15(5-3-14)27-18(19,20)21/h2-5,12-13,17H,6-11H2,1H3,(H,22,24). The minimum absolute atomic E-state index is 0.131. The molecule has 1 aromatic rings. The highest BCUT2D eigenvalue weighted by Gasteiger charge is 2.33. The van der Waals surface area contributed by atoms with Crippen molar-refractivity contribution in [2.45, 2.75) is 38.5 Å². The van der Waals surface area contributed by atoms with Gasteiger partial charge in [0, 0.05) is 11.6 Å². The van der Waals surface area contributed by atoms with Gasteiger partial charge in [0.05, 0.1) is 19.3 Å². The first-order chi connectivity index (χ1) is 12.8. The molecule has 2 aliphatic rings. The van der Waals surface area contributed by atoms with Crippen molar-refractivity contribution < 1.29 is 32.2 Å². The molecule has 6 nitrogen and oxygen atoms in total. The topological polar surface area (TPSA) is 60.0 Å². The Morgan fingerprint density at radius 1 is 1.19 bits per heavy atom. The summed E-state index contributed by atoms with van der Waals surface area (Å²) < 4.78 is 51.5. The average molecular weight is 388 g/mol. The summed E-state index contributed by atoms with van der Waals surface area (Å²) in [5, 5.41) is 2.73. The molecule has 27 heavy (non-hydrogen) atoms. The van der Waals surface area contributed by atoms with Crippen LogP contribution in [0.2, 0.25) is 0 Å². The minimum Gasteiger partial charge on any atom is -0.406 e. The molecule has 2 aliphatic heterocycles. The van der Waals surface area contributed by atoms with Crippen molar-refractivity contribution in [3.63, 3.8) is 0 Å². The summed E-state index contributed by atoms with van der Waals surface area (Å²) in [5.41, 5.74) is 0.420. The number of piperidine rings is 1. The molecule has 0 bridgehead atoms. The second kappa shape index (κ2) is 8.45. The molecule has 3 rings (SSSR count). The Kier molecular flexibility index (Phi) is 6.23. The quantitative estimate of drug-likeness (QED) is 0.840. The van der Waals surface area contributed by atoms with Gasteiger partial charge in [-0.25, -0.2) is 0 Å². The number of likely N-dealkylation sites (tertiary alicyclic amines) is 1. The van der Waals surface area contributed by atoms with Crippen LogP contribution in [0, 0.1) is 5.92 Å². The maximum Gasteiger partial charge on any atom is 0.573 e. The van der Waals surface area contributed by atoms with E-state index in [2.05, 4.69) is 15.0 Å². The fourth-order valence-electron chi connectivity index (χ4n) is 3.38. The Hall–Kier alpha value is -1.84. The third kappa shape index (κ3) is 5.57. The van der Waals surface area contributed by atoms with Crippen LogP contribution in [-0.2, 0) is 14.3 Å². The molecule has 1 aromatic carbocycles. The van der Waals surface area contributed by atoms with Crippen molar-refractivity contribution in [3.8, 4) is 5.75 Å². The van der Waals surface area contributed by atoms with Crippen LogP contribution < -0.4 is 10.1 Å². The van der Waals surface area contributed by atoms with Crippen molar-refractivity contribution in [1.29, 1.82) is 0 Å². The molecule has 0 saturated carbocycles. The fourth-order valence-corrected chi connectivity index (χ4v) is 3.38. The van der Waals surface area contributed by atoms with E-state index in [1.807, 2.05) is 6.92 Å². The Bertz CT molecular complexity index is 624. The number of rotatable bonds is 5. The summed E-state index contributed by atoms with van der Waals surface area (Å²) >= 11 is 0. The molecule has 1 N–H and O–H groups in total. The van der Waals surface area contributed by atoms with Gasteiger partial charge in [0.1, 0.15) is 5.75 Å². The molecule has 2 saturated heterocycles. The number of nitrogens with one attached hydrogen (secondary N) is 1. The van der Waals surface area contributed by atoms with Crippen molar-refractivity contribution in [3.05, 3.63) is 24.3 Å². The van der Waals surface area contributed by atoms with E-state index in [9.17, 15) is 18.0 Å². The molecule has 1 unspecified atom stereocenters. The fraction of sp³-hybridized carbons (Fsp3) is 0.611. The summed E-state index contributed by atoms with van der Waals surface area (Å²) in [6.45, 7) is 4.62. The van der Waals surface area contributed by atoms with Gasteiger partial charge in [-0.05, 0) is 57.1 Å². The summed E-state index contributed by atoms with van der Waals surface area (Å²) in [5.74, 6) is -0.182. The maximum absolute atomic E-state index is 12.4. The largest absolute Gasteiger partial charge is 0.573 e. The molecular formula is C18H23F3N2O4.